The minimum atomic E-state index is 0.195. The van der Waals surface area contributed by atoms with Gasteiger partial charge in [-0.1, -0.05) is 5.16 Å². The van der Waals surface area contributed by atoms with Crippen LogP contribution in [-0.2, 0) is 11.3 Å². The van der Waals surface area contributed by atoms with Gasteiger partial charge in [0.2, 0.25) is 0 Å². The Morgan fingerprint density at radius 3 is 2.84 bits per heavy atom. The summed E-state index contributed by atoms with van der Waals surface area (Å²) in [5.74, 6) is 1.00. The van der Waals surface area contributed by atoms with E-state index in [1.54, 1.807) is 6.26 Å². The Balaban J connectivity index is 1.49. The first-order chi connectivity index (χ1) is 12.2. The molecule has 2 aliphatic heterocycles. The highest BCUT2D eigenvalue weighted by atomic mass is 16.5. The van der Waals surface area contributed by atoms with E-state index in [0.717, 1.165) is 70.6 Å². The average Bonchev–Trinajstić information content (AvgIpc) is 3.12. The summed E-state index contributed by atoms with van der Waals surface area (Å²) in [5.41, 5.74) is 0.993. The van der Waals surface area contributed by atoms with Crippen LogP contribution >= 0.6 is 0 Å². The molecule has 140 valence electrons. The summed E-state index contributed by atoms with van der Waals surface area (Å²) in [6.45, 7) is 11.2. The first-order valence-electron chi connectivity index (χ1n) is 9.19. The van der Waals surface area contributed by atoms with Crippen LogP contribution in [0.5, 0.6) is 0 Å². The van der Waals surface area contributed by atoms with Gasteiger partial charge in [-0.25, -0.2) is 0 Å². The van der Waals surface area contributed by atoms with Gasteiger partial charge in [0.15, 0.2) is 5.96 Å². The zero-order valence-electron chi connectivity index (χ0n) is 15.4. The molecular formula is C17H30N6O2. The Kier molecular flexibility index (Phi) is 6.66. The lowest BCUT2D eigenvalue weighted by Gasteiger charge is -2.36. The van der Waals surface area contributed by atoms with Crippen molar-refractivity contribution in [3.05, 3.63) is 18.0 Å². The third-order valence-electron chi connectivity index (χ3n) is 4.67. The number of ether oxygens (including phenoxy) is 1. The number of hydrogen-bond acceptors (Lipinski definition) is 6. The smallest absolute Gasteiger partial charge is 0.194 e. The van der Waals surface area contributed by atoms with Crippen LogP contribution in [0.4, 0.5) is 0 Å². The van der Waals surface area contributed by atoms with E-state index in [2.05, 4.69) is 39.1 Å². The summed E-state index contributed by atoms with van der Waals surface area (Å²) in [6, 6.07) is 1.93. The maximum Gasteiger partial charge on any atom is 0.194 e. The van der Waals surface area contributed by atoms with Crippen molar-refractivity contribution < 1.29 is 9.26 Å². The van der Waals surface area contributed by atoms with Crippen molar-refractivity contribution >= 4 is 5.96 Å². The number of rotatable bonds is 5. The Morgan fingerprint density at radius 2 is 2.16 bits per heavy atom. The Hall–Kier alpha value is -1.64. The highest BCUT2D eigenvalue weighted by Gasteiger charge is 2.22. The van der Waals surface area contributed by atoms with Crippen LogP contribution in [0, 0.1) is 0 Å². The van der Waals surface area contributed by atoms with Gasteiger partial charge < -0.3 is 24.4 Å². The summed E-state index contributed by atoms with van der Waals surface area (Å²) in [4.78, 5) is 11.9. The summed E-state index contributed by atoms with van der Waals surface area (Å²) in [6.07, 6.45) is 1.83. The van der Waals surface area contributed by atoms with E-state index >= 15 is 0 Å². The van der Waals surface area contributed by atoms with Crippen LogP contribution in [0.25, 0.3) is 0 Å². The van der Waals surface area contributed by atoms with E-state index in [1.807, 2.05) is 6.07 Å². The van der Waals surface area contributed by atoms with E-state index in [0.29, 0.717) is 6.54 Å². The van der Waals surface area contributed by atoms with E-state index in [-0.39, 0.29) is 6.10 Å². The second kappa shape index (κ2) is 9.17. The first-order valence-corrected chi connectivity index (χ1v) is 9.19. The Labute approximate surface area is 149 Å². The van der Waals surface area contributed by atoms with Crippen molar-refractivity contribution in [1.82, 2.24) is 25.2 Å². The SMILES string of the molecule is CCNC(=NCC1CN(C)CCO1)N1CCN(Cc2ccon2)CC1. The monoisotopic (exact) mass is 350 g/mol. The molecule has 3 rings (SSSR count). The molecule has 0 bridgehead atoms. The van der Waals surface area contributed by atoms with Crippen LogP contribution in [0.2, 0.25) is 0 Å². The number of nitrogens with one attached hydrogen (secondary N) is 1. The minimum absolute atomic E-state index is 0.195. The van der Waals surface area contributed by atoms with E-state index < -0.39 is 0 Å². The van der Waals surface area contributed by atoms with Gasteiger partial charge in [-0.15, -0.1) is 0 Å². The Morgan fingerprint density at radius 1 is 1.32 bits per heavy atom. The molecule has 1 N–H and O–H groups in total. The van der Waals surface area contributed by atoms with Gasteiger partial charge in [-0.3, -0.25) is 9.89 Å². The lowest BCUT2D eigenvalue weighted by Crippen LogP contribution is -2.52. The van der Waals surface area contributed by atoms with Gasteiger partial charge in [-0.2, -0.15) is 0 Å². The molecule has 3 heterocycles. The zero-order chi connectivity index (χ0) is 17.5. The lowest BCUT2D eigenvalue weighted by molar-refractivity contribution is -0.0137. The van der Waals surface area contributed by atoms with Gasteiger partial charge in [0.1, 0.15) is 6.26 Å². The van der Waals surface area contributed by atoms with Crippen molar-refractivity contribution in [3.63, 3.8) is 0 Å². The van der Waals surface area contributed by atoms with Crippen LogP contribution < -0.4 is 5.32 Å². The maximum atomic E-state index is 5.82. The van der Waals surface area contributed by atoms with E-state index in [1.165, 1.54) is 0 Å². The standard InChI is InChI=1S/C17H30N6O2/c1-3-18-17(19-12-16-14-21(2)9-11-24-16)23-7-5-22(6-8-23)13-15-4-10-25-20-15/h4,10,16H,3,5-9,11-14H2,1-2H3,(H,18,19). The molecule has 1 unspecified atom stereocenters. The van der Waals surface area contributed by atoms with Gasteiger partial charge in [0.05, 0.1) is 24.9 Å². The fourth-order valence-corrected chi connectivity index (χ4v) is 3.26. The number of nitrogens with zero attached hydrogens (tertiary/aromatic N) is 5. The molecule has 8 heteroatoms. The lowest BCUT2D eigenvalue weighted by atomic mass is 10.3. The fourth-order valence-electron chi connectivity index (χ4n) is 3.26. The fraction of sp³-hybridized carbons (Fsp3) is 0.765. The zero-order valence-corrected chi connectivity index (χ0v) is 15.4. The number of piperazine rings is 1. The molecule has 25 heavy (non-hydrogen) atoms. The molecule has 1 aromatic heterocycles. The molecule has 2 aliphatic rings. The predicted molar refractivity (Wildman–Crippen MR) is 96.6 cm³/mol. The third-order valence-corrected chi connectivity index (χ3v) is 4.67. The predicted octanol–water partition coefficient (Wildman–Crippen LogP) is 0.0883. The molecular weight excluding hydrogens is 320 g/mol. The van der Waals surface area contributed by atoms with Crippen LogP contribution in [-0.4, -0.2) is 97.9 Å². The van der Waals surface area contributed by atoms with Crippen molar-refractivity contribution in [1.29, 1.82) is 0 Å². The van der Waals surface area contributed by atoms with Gasteiger partial charge >= 0.3 is 0 Å². The van der Waals surface area contributed by atoms with Crippen molar-refractivity contribution in [2.24, 2.45) is 4.99 Å². The highest BCUT2D eigenvalue weighted by molar-refractivity contribution is 5.80. The highest BCUT2D eigenvalue weighted by Crippen LogP contribution is 2.08. The van der Waals surface area contributed by atoms with E-state index in [9.17, 15) is 0 Å². The Bertz CT molecular complexity index is 527. The second-order valence-electron chi connectivity index (χ2n) is 6.70. The molecule has 1 aromatic rings. The molecule has 0 amide bonds. The molecule has 2 fully saturated rings. The second-order valence-corrected chi connectivity index (χ2v) is 6.70. The molecule has 0 aliphatic carbocycles. The normalized spacial score (nSPS) is 23.8. The molecule has 0 spiro atoms. The third kappa shape index (κ3) is 5.42. The summed E-state index contributed by atoms with van der Waals surface area (Å²) >= 11 is 0. The van der Waals surface area contributed by atoms with Crippen LogP contribution in [0.1, 0.15) is 12.6 Å². The van der Waals surface area contributed by atoms with Crippen molar-refractivity contribution in [2.75, 3.05) is 66.0 Å². The molecule has 0 aromatic carbocycles. The van der Waals surface area contributed by atoms with Gasteiger partial charge in [-0.05, 0) is 14.0 Å². The number of morpholine rings is 1. The molecule has 2 saturated heterocycles. The topological polar surface area (TPSA) is 69.4 Å². The molecule has 8 nitrogen and oxygen atoms in total. The summed E-state index contributed by atoms with van der Waals surface area (Å²) < 4.78 is 10.7. The average molecular weight is 350 g/mol. The molecule has 1 atom stereocenters. The number of likely N-dealkylation sites (N-methyl/N-ethyl adjacent to an activating group) is 1. The first kappa shape index (κ1) is 18.2. The van der Waals surface area contributed by atoms with Crippen LogP contribution in [0.15, 0.2) is 21.8 Å². The van der Waals surface area contributed by atoms with Crippen LogP contribution in [0.3, 0.4) is 0 Å². The molecule has 0 saturated carbocycles. The number of hydrogen-bond donors (Lipinski definition) is 1. The van der Waals surface area contributed by atoms with Crippen molar-refractivity contribution in [2.45, 2.75) is 19.6 Å². The summed E-state index contributed by atoms with van der Waals surface area (Å²) in [5, 5.41) is 7.42. The quantitative estimate of drug-likeness (QED) is 0.596. The van der Waals surface area contributed by atoms with Crippen molar-refractivity contribution in [3.8, 4) is 0 Å². The minimum Gasteiger partial charge on any atom is -0.374 e. The maximum absolute atomic E-state index is 5.82. The largest absolute Gasteiger partial charge is 0.374 e. The molecule has 0 radical (unpaired) electrons. The number of guanidine groups is 1. The van der Waals surface area contributed by atoms with E-state index in [4.69, 9.17) is 14.3 Å². The van der Waals surface area contributed by atoms with Gasteiger partial charge in [0.25, 0.3) is 0 Å². The number of aliphatic imine (C=N–C) groups is 1. The number of aromatic nitrogens is 1. The van der Waals surface area contributed by atoms with Gasteiger partial charge in [0, 0.05) is 58.4 Å². The summed E-state index contributed by atoms with van der Waals surface area (Å²) in [7, 11) is 2.14.